The molecular formula is C9H7ClF3-. The Kier molecular flexibility index (Phi) is 2.76. The summed E-state index contributed by atoms with van der Waals surface area (Å²) in [5, 5.41) is 0.307. The smallest absolute Gasteiger partial charge is 0.179 e. The van der Waals surface area contributed by atoms with Gasteiger partial charge in [-0.05, 0) is 5.02 Å². The molecule has 0 fully saturated rings. The Morgan fingerprint density at radius 3 is 2.38 bits per heavy atom. The number of hydrogen-bond acceptors (Lipinski definition) is 0. The average Bonchev–Trinajstić information content (AvgIpc) is 2.01. The third-order valence-corrected chi connectivity index (χ3v) is 1.92. The normalized spacial score (nSPS) is 11.5. The van der Waals surface area contributed by atoms with E-state index in [2.05, 4.69) is 0 Å². The van der Waals surface area contributed by atoms with Crippen LogP contribution in [0.25, 0.3) is 0 Å². The van der Waals surface area contributed by atoms with E-state index in [1.54, 1.807) is 0 Å². The van der Waals surface area contributed by atoms with E-state index < -0.39 is 12.1 Å². The highest BCUT2D eigenvalue weighted by molar-refractivity contribution is 6.30. The fraction of sp³-hybridized carbons (Fsp3) is 0.222. The largest absolute Gasteiger partial charge is 0.367 e. The van der Waals surface area contributed by atoms with Crippen LogP contribution in [0, 0.1) is 5.92 Å². The minimum absolute atomic E-state index is 0.111. The van der Waals surface area contributed by atoms with Gasteiger partial charge in [0.2, 0.25) is 0 Å². The van der Waals surface area contributed by atoms with Crippen LogP contribution in [0.5, 0.6) is 0 Å². The third kappa shape index (κ3) is 2.56. The summed E-state index contributed by atoms with van der Waals surface area (Å²) in [6, 6.07) is 5.71. The lowest BCUT2D eigenvalue weighted by Crippen LogP contribution is -2.18. The molecule has 4 heteroatoms. The lowest BCUT2D eigenvalue weighted by Gasteiger charge is -2.23. The van der Waals surface area contributed by atoms with E-state index in [0.717, 1.165) is 6.92 Å². The molecule has 0 aliphatic rings. The van der Waals surface area contributed by atoms with Crippen molar-refractivity contribution in [3.8, 4) is 0 Å². The van der Waals surface area contributed by atoms with Crippen molar-refractivity contribution in [2.45, 2.75) is 13.1 Å². The molecule has 0 nitrogen and oxygen atoms in total. The highest BCUT2D eigenvalue weighted by Crippen LogP contribution is 2.33. The average molecular weight is 208 g/mol. The quantitative estimate of drug-likeness (QED) is 0.614. The van der Waals surface area contributed by atoms with Gasteiger partial charge in [-0.2, -0.15) is 24.8 Å². The van der Waals surface area contributed by atoms with Crippen LogP contribution >= 0.6 is 11.6 Å². The van der Waals surface area contributed by atoms with Gasteiger partial charge >= 0.3 is 6.18 Å². The zero-order valence-electron chi connectivity index (χ0n) is 6.82. The first kappa shape index (κ1) is 10.3. The molecule has 1 rings (SSSR count). The van der Waals surface area contributed by atoms with Crippen LogP contribution in [-0.4, -0.2) is 6.18 Å². The summed E-state index contributed by atoms with van der Waals surface area (Å²) < 4.78 is 36.6. The first-order chi connectivity index (χ1) is 5.91. The molecule has 0 bridgehead atoms. The fourth-order valence-electron chi connectivity index (χ4n) is 0.885. The Morgan fingerprint density at radius 1 is 1.31 bits per heavy atom. The van der Waals surface area contributed by atoms with E-state index in [-0.39, 0.29) is 5.56 Å². The van der Waals surface area contributed by atoms with Gasteiger partial charge in [0.1, 0.15) is 0 Å². The molecule has 0 atom stereocenters. The Labute approximate surface area is 79.3 Å². The van der Waals surface area contributed by atoms with Crippen molar-refractivity contribution < 1.29 is 13.2 Å². The van der Waals surface area contributed by atoms with Crippen LogP contribution < -0.4 is 0 Å². The van der Waals surface area contributed by atoms with E-state index in [0.29, 0.717) is 5.02 Å². The summed E-state index contributed by atoms with van der Waals surface area (Å²) in [5.41, 5.74) is 0.111. The second-order valence-electron chi connectivity index (χ2n) is 2.63. The highest BCUT2D eigenvalue weighted by Gasteiger charge is 2.30. The maximum atomic E-state index is 12.2. The first-order valence-electron chi connectivity index (χ1n) is 3.58. The van der Waals surface area contributed by atoms with Crippen molar-refractivity contribution in [2.75, 3.05) is 0 Å². The van der Waals surface area contributed by atoms with Crippen LogP contribution in [0.2, 0.25) is 5.02 Å². The number of halogens is 4. The molecule has 0 aromatic heterocycles. The van der Waals surface area contributed by atoms with Gasteiger partial charge in [0.15, 0.2) is 0 Å². The van der Waals surface area contributed by atoms with Gasteiger partial charge in [-0.1, -0.05) is 30.5 Å². The van der Waals surface area contributed by atoms with E-state index in [9.17, 15) is 13.2 Å². The summed E-state index contributed by atoms with van der Waals surface area (Å²) in [6.07, 6.45) is -4.29. The van der Waals surface area contributed by atoms with Gasteiger partial charge in [0.05, 0.1) is 0 Å². The van der Waals surface area contributed by atoms with E-state index in [1.165, 1.54) is 24.3 Å². The van der Waals surface area contributed by atoms with Gasteiger partial charge < -0.3 is 0 Å². The molecule has 0 heterocycles. The molecule has 0 saturated heterocycles. The Hall–Kier alpha value is -0.830. The van der Waals surface area contributed by atoms with Crippen LogP contribution in [0.1, 0.15) is 12.5 Å². The van der Waals surface area contributed by atoms with E-state index in [4.69, 9.17) is 11.6 Å². The molecule has 0 saturated carbocycles. The molecule has 0 spiro atoms. The van der Waals surface area contributed by atoms with E-state index in [1.807, 2.05) is 0 Å². The predicted molar refractivity (Wildman–Crippen MR) is 45.5 cm³/mol. The zero-order valence-corrected chi connectivity index (χ0v) is 7.58. The summed E-state index contributed by atoms with van der Waals surface area (Å²) >= 11 is 5.56. The maximum Gasteiger partial charge on any atom is 0.367 e. The fourth-order valence-corrected chi connectivity index (χ4v) is 1.08. The van der Waals surface area contributed by atoms with Crippen LogP contribution in [0.3, 0.4) is 0 Å². The van der Waals surface area contributed by atoms with Crippen molar-refractivity contribution in [2.24, 2.45) is 0 Å². The van der Waals surface area contributed by atoms with Crippen molar-refractivity contribution in [3.63, 3.8) is 0 Å². The molecule has 0 amide bonds. The summed E-state index contributed by atoms with van der Waals surface area (Å²) in [5.74, 6) is -0.630. The van der Waals surface area contributed by atoms with Crippen LogP contribution in [-0.2, 0) is 0 Å². The first-order valence-corrected chi connectivity index (χ1v) is 3.96. The minimum Gasteiger partial charge on any atom is -0.179 e. The molecule has 13 heavy (non-hydrogen) atoms. The number of benzene rings is 1. The lowest BCUT2D eigenvalue weighted by molar-refractivity contribution is -0.108. The summed E-state index contributed by atoms with van der Waals surface area (Å²) in [7, 11) is 0. The van der Waals surface area contributed by atoms with Gasteiger partial charge in [-0.3, -0.25) is 0 Å². The molecular weight excluding hydrogens is 201 g/mol. The van der Waals surface area contributed by atoms with Crippen LogP contribution in [0.4, 0.5) is 13.2 Å². The number of hydrogen-bond donors (Lipinski definition) is 0. The summed E-state index contributed by atoms with van der Waals surface area (Å²) in [6.45, 7) is 1.03. The van der Waals surface area contributed by atoms with Crippen molar-refractivity contribution >= 4 is 11.6 Å². The SMILES string of the molecule is C[C-](c1cccc(Cl)c1)C(F)(F)F. The van der Waals surface area contributed by atoms with Crippen molar-refractivity contribution in [1.82, 2.24) is 0 Å². The van der Waals surface area contributed by atoms with Gasteiger partial charge in [0, 0.05) is 0 Å². The standard InChI is InChI=1S/C9H7ClF3/c1-6(9(11,12)13)7-3-2-4-8(10)5-7/h2-5H,1H3/q-1. The maximum absolute atomic E-state index is 12.2. The lowest BCUT2D eigenvalue weighted by atomic mass is 10.0. The summed E-state index contributed by atoms with van der Waals surface area (Å²) in [4.78, 5) is 0. The number of rotatable bonds is 1. The van der Waals surface area contributed by atoms with Crippen LogP contribution in [0.15, 0.2) is 24.3 Å². The second kappa shape index (κ2) is 3.50. The molecule has 0 aliphatic carbocycles. The topological polar surface area (TPSA) is 0 Å². The number of alkyl halides is 3. The molecule has 0 unspecified atom stereocenters. The highest BCUT2D eigenvalue weighted by atomic mass is 35.5. The molecule has 0 radical (unpaired) electrons. The Morgan fingerprint density at radius 2 is 1.92 bits per heavy atom. The molecule has 0 N–H and O–H groups in total. The van der Waals surface area contributed by atoms with Gasteiger partial charge in [-0.15, -0.1) is 12.1 Å². The van der Waals surface area contributed by atoms with Gasteiger partial charge in [-0.25, -0.2) is 0 Å². The molecule has 0 aliphatic heterocycles. The predicted octanol–water partition coefficient (Wildman–Crippen LogP) is 3.84. The van der Waals surface area contributed by atoms with Gasteiger partial charge in [0.25, 0.3) is 0 Å². The van der Waals surface area contributed by atoms with E-state index >= 15 is 0 Å². The zero-order chi connectivity index (χ0) is 10.1. The monoisotopic (exact) mass is 207 g/mol. The third-order valence-electron chi connectivity index (χ3n) is 1.68. The minimum atomic E-state index is -4.29. The second-order valence-corrected chi connectivity index (χ2v) is 3.07. The Bertz CT molecular complexity index is 293. The molecule has 1 aromatic rings. The molecule has 1 aromatic carbocycles. The molecule has 72 valence electrons. The van der Waals surface area contributed by atoms with Crippen molar-refractivity contribution in [1.29, 1.82) is 0 Å². The Balaban J connectivity index is 2.96. The van der Waals surface area contributed by atoms with Crippen molar-refractivity contribution in [3.05, 3.63) is 40.8 Å².